The first-order valence-corrected chi connectivity index (χ1v) is 9.55. The van der Waals surface area contributed by atoms with Crippen molar-refractivity contribution >= 4 is 21.6 Å². The molecule has 7 heteroatoms. The van der Waals surface area contributed by atoms with Gasteiger partial charge in [-0.3, -0.25) is 4.79 Å². The molecule has 1 saturated heterocycles. The average molecular weight is 340 g/mol. The van der Waals surface area contributed by atoms with Crippen LogP contribution in [0.4, 0.5) is 5.69 Å². The fourth-order valence-corrected chi connectivity index (χ4v) is 3.45. The highest BCUT2D eigenvalue weighted by Gasteiger charge is 2.31. The molecule has 0 radical (unpaired) electrons. The number of nitrogens with one attached hydrogen (secondary N) is 1. The van der Waals surface area contributed by atoms with E-state index in [1.807, 2.05) is 35.2 Å². The van der Waals surface area contributed by atoms with Crippen LogP contribution in [0.3, 0.4) is 0 Å². The van der Waals surface area contributed by atoms with Gasteiger partial charge in [0.1, 0.15) is 0 Å². The van der Waals surface area contributed by atoms with E-state index in [0.717, 1.165) is 12.1 Å². The van der Waals surface area contributed by atoms with Gasteiger partial charge in [-0.1, -0.05) is 18.2 Å². The summed E-state index contributed by atoms with van der Waals surface area (Å²) in [4.78, 5) is 13.9. The molecule has 1 heterocycles. The minimum absolute atomic E-state index is 0.0611. The minimum atomic E-state index is -3.13. The number of amides is 1. The zero-order valence-corrected chi connectivity index (χ0v) is 14.2. The number of nitrogens with zero attached hydrogens (tertiary/aromatic N) is 1. The summed E-state index contributed by atoms with van der Waals surface area (Å²) in [5.74, 6) is 0.246. The highest BCUT2D eigenvalue weighted by Crippen LogP contribution is 2.26. The standard InChI is InChI=1S/C16H24N2O4S/c1-17-23(20,21)12-6-5-11-22-13-15-9-10-16(19)18(15)14-7-3-2-4-8-14/h2-4,7-8,15,17H,5-6,9-13H2,1H3/t15-/m1/s1. The third kappa shape index (κ3) is 5.30. The molecule has 0 spiro atoms. The summed E-state index contributed by atoms with van der Waals surface area (Å²) < 4.78 is 30.5. The van der Waals surface area contributed by atoms with E-state index in [-0.39, 0.29) is 17.7 Å². The topological polar surface area (TPSA) is 75.7 Å². The summed E-state index contributed by atoms with van der Waals surface area (Å²) in [5, 5.41) is 0. The Bertz CT molecular complexity index is 604. The lowest BCUT2D eigenvalue weighted by Gasteiger charge is -2.24. The molecule has 0 bridgehead atoms. The lowest BCUT2D eigenvalue weighted by Crippen LogP contribution is -2.36. The van der Waals surface area contributed by atoms with Crippen molar-refractivity contribution in [2.75, 3.05) is 30.9 Å². The first-order chi connectivity index (χ1) is 11.0. The summed E-state index contributed by atoms with van der Waals surface area (Å²) in [6.07, 6.45) is 2.59. The van der Waals surface area contributed by atoms with Crippen LogP contribution in [0.5, 0.6) is 0 Å². The van der Waals surface area contributed by atoms with E-state index in [2.05, 4.69) is 4.72 Å². The Balaban J connectivity index is 1.74. The van der Waals surface area contributed by atoms with E-state index in [1.54, 1.807) is 0 Å². The maximum Gasteiger partial charge on any atom is 0.227 e. The molecule has 1 amide bonds. The number of sulfonamides is 1. The van der Waals surface area contributed by atoms with E-state index < -0.39 is 10.0 Å². The van der Waals surface area contributed by atoms with E-state index in [1.165, 1.54) is 7.05 Å². The molecule has 2 rings (SSSR count). The largest absolute Gasteiger partial charge is 0.379 e. The van der Waals surface area contributed by atoms with Gasteiger partial charge in [0.25, 0.3) is 0 Å². The second-order valence-corrected chi connectivity index (χ2v) is 7.64. The van der Waals surface area contributed by atoms with Crippen LogP contribution in [0.2, 0.25) is 0 Å². The number of unbranched alkanes of at least 4 members (excludes halogenated alkanes) is 1. The predicted molar refractivity (Wildman–Crippen MR) is 89.8 cm³/mol. The third-order valence-corrected chi connectivity index (χ3v) is 5.38. The zero-order chi connectivity index (χ0) is 16.7. The Morgan fingerprint density at radius 1 is 1.26 bits per heavy atom. The molecule has 1 aliphatic rings. The van der Waals surface area contributed by atoms with Crippen molar-refractivity contribution in [2.45, 2.75) is 31.7 Å². The second kappa shape index (κ2) is 8.42. The van der Waals surface area contributed by atoms with Crippen molar-refractivity contribution in [3.05, 3.63) is 30.3 Å². The minimum Gasteiger partial charge on any atom is -0.379 e. The average Bonchev–Trinajstić information content (AvgIpc) is 2.92. The number of rotatable bonds is 9. The SMILES string of the molecule is CNS(=O)(=O)CCCCOC[C@H]1CCC(=O)N1c1ccccc1. The lowest BCUT2D eigenvalue weighted by atomic mass is 10.2. The summed E-state index contributed by atoms with van der Waals surface area (Å²) >= 11 is 0. The van der Waals surface area contributed by atoms with Crippen LogP contribution < -0.4 is 9.62 Å². The lowest BCUT2D eigenvalue weighted by molar-refractivity contribution is -0.117. The first kappa shape index (κ1) is 17.9. The quantitative estimate of drug-likeness (QED) is 0.692. The van der Waals surface area contributed by atoms with E-state index in [0.29, 0.717) is 32.5 Å². The number of ether oxygens (including phenoxy) is 1. The van der Waals surface area contributed by atoms with Gasteiger partial charge in [-0.2, -0.15) is 0 Å². The molecule has 1 aromatic carbocycles. The Morgan fingerprint density at radius 2 is 2.00 bits per heavy atom. The number of hydrogen-bond donors (Lipinski definition) is 1. The van der Waals surface area contributed by atoms with Crippen LogP contribution in [0.1, 0.15) is 25.7 Å². The second-order valence-electron chi connectivity index (χ2n) is 5.60. The van der Waals surface area contributed by atoms with Crippen LogP contribution >= 0.6 is 0 Å². The van der Waals surface area contributed by atoms with Gasteiger partial charge < -0.3 is 9.64 Å². The van der Waals surface area contributed by atoms with Gasteiger partial charge in [0.2, 0.25) is 15.9 Å². The summed E-state index contributed by atoms with van der Waals surface area (Å²) in [6, 6.07) is 9.68. The fraction of sp³-hybridized carbons (Fsp3) is 0.562. The van der Waals surface area contributed by atoms with Gasteiger partial charge in [-0.15, -0.1) is 0 Å². The summed E-state index contributed by atoms with van der Waals surface area (Å²) in [6.45, 7) is 0.992. The molecule has 0 aliphatic carbocycles. The van der Waals surface area contributed by atoms with Gasteiger partial charge >= 0.3 is 0 Å². The zero-order valence-electron chi connectivity index (χ0n) is 13.4. The van der Waals surface area contributed by atoms with Crippen LogP contribution in [-0.4, -0.2) is 46.4 Å². The third-order valence-electron chi connectivity index (χ3n) is 3.93. The van der Waals surface area contributed by atoms with Gasteiger partial charge in [0.05, 0.1) is 18.4 Å². The van der Waals surface area contributed by atoms with Crippen molar-refractivity contribution in [1.29, 1.82) is 0 Å². The van der Waals surface area contributed by atoms with Gasteiger partial charge in [-0.25, -0.2) is 13.1 Å². The number of benzene rings is 1. The Labute approximate surface area is 137 Å². The molecule has 1 aromatic rings. The van der Waals surface area contributed by atoms with E-state index >= 15 is 0 Å². The molecule has 1 N–H and O–H groups in total. The highest BCUT2D eigenvalue weighted by atomic mass is 32.2. The molecule has 0 saturated carbocycles. The van der Waals surface area contributed by atoms with Gasteiger partial charge in [0.15, 0.2) is 0 Å². The van der Waals surface area contributed by atoms with Crippen molar-refractivity contribution in [1.82, 2.24) is 4.72 Å². The van der Waals surface area contributed by atoms with Gasteiger partial charge in [-0.05, 0) is 38.4 Å². The molecule has 128 valence electrons. The molecular formula is C16H24N2O4S. The highest BCUT2D eigenvalue weighted by molar-refractivity contribution is 7.89. The maximum absolute atomic E-state index is 12.1. The molecular weight excluding hydrogens is 316 g/mol. The number of anilines is 1. The molecule has 0 aromatic heterocycles. The predicted octanol–water partition coefficient (Wildman–Crippen LogP) is 1.53. The Morgan fingerprint density at radius 3 is 2.70 bits per heavy atom. The first-order valence-electron chi connectivity index (χ1n) is 7.89. The van der Waals surface area contributed by atoms with Crippen molar-refractivity contribution < 1.29 is 17.9 Å². The van der Waals surface area contributed by atoms with Gasteiger partial charge in [0, 0.05) is 18.7 Å². The van der Waals surface area contributed by atoms with Crippen molar-refractivity contribution in [3.8, 4) is 0 Å². The van der Waals surface area contributed by atoms with Crippen LogP contribution in [0, 0.1) is 0 Å². The van der Waals surface area contributed by atoms with E-state index in [4.69, 9.17) is 4.74 Å². The molecule has 23 heavy (non-hydrogen) atoms. The Kier molecular flexibility index (Phi) is 6.56. The monoisotopic (exact) mass is 340 g/mol. The number of carbonyl (C=O) groups is 1. The molecule has 1 fully saturated rings. The summed E-state index contributed by atoms with van der Waals surface area (Å²) in [5.41, 5.74) is 0.906. The maximum atomic E-state index is 12.1. The fourth-order valence-electron chi connectivity index (χ4n) is 2.66. The van der Waals surface area contributed by atoms with Crippen molar-refractivity contribution in [2.24, 2.45) is 0 Å². The molecule has 6 nitrogen and oxygen atoms in total. The number of hydrogen-bond acceptors (Lipinski definition) is 4. The van der Waals surface area contributed by atoms with Crippen LogP contribution in [0.15, 0.2) is 30.3 Å². The Hall–Kier alpha value is -1.44. The normalized spacial score (nSPS) is 18.6. The number of para-hydroxylation sites is 1. The molecule has 0 unspecified atom stereocenters. The molecule has 1 atom stereocenters. The number of carbonyl (C=O) groups excluding carboxylic acids is 1. The van der Waals surface area contributed by atoms with E-state index in [9.17, 15) is 13.2 Å². The van der Waals surface area contributed by atoms with Crippen LogP contribution in [0.25, 0.3) is 0 Å². The summed E-state index contributed by atoms with van der Waals surface area (Å²) in [7, 11) is -1.72. The van der Waals surface area contributed by atoms with Crippen LogP contribution in [-0.2, 0) is 19.6 Å². The smallest absolute Gasteiger partial charge is 0.227 e. The molecule has 1 aliphatic heterocycles. The van der Waals surface area contributed by atoms with Crippen molar-refractivity contribution in [3.63, 3.8) is 0 Å².